The van der Waals surface area contributed by atoms with Gasteiger partial charge in [-0.05, 0) is 38.0 Å². The summed E-state index contributed by atoms with van der Waals surface area (Å²) in [5.74, 6) is -1.44. The van der Waals surface area contributed by atoms with Crippen molar-refractivity contribution in [3.8, 4) is 6.07 Å². The summed E-state index contributed by atoms with van der Waals surface area (Å²) in [6.45, 7) is 1.29. The number of halogens is 2. The second-order valence-corrected chi connectivity index (χ2v) is 8.97. The van der Waals surface area contributed by atoms with Crippen LogP contribution in [0.5, 0.6) is 0 Å². The number of nitriles is 1. The van der Waals surface area contributed by atoms with Gasteiger partial charge in [0.25, 0.3) is 0 Å². The van der Waals surface area contributed by atoms with E-state index < -0.39 is 37.8 Å². The van der Waals surface area contributed by atoms with Gasteiger partial charge < -0.3 is 10.4 Å². The minimum absolute atomic E-state index is 0.105. The van der Waals surface area contributed by atoms with Crippen LogP contribution in [-0.4, -0.2) is 30.1 Å². The monoisotopic (exact) mass is 404 g/mol. The molecule has 23 heavy (non-hydrogen) atoms. The third-order valence-corrected chi connectivity index (χ3v) is 7.03. The van der Waals surface area contributed by atoms with Gasteiger partial charge in [-0.2, -0.15) is 5.26 Å². The van der Waals surface area contributed by atoms with E-state index in [0.717, 1.165) is 6.07 Å². The molecular weight excluding hydrogens is 391 g/mol. The average molecular weight is 405 g/mol. The van der Waals surface area contributed by atoms with Gasteiger partial charge in [0.05, 0.1) is 17.4 Å². The third-order valence-electron chi connectivity index (χ3n) is 3.89. The van der Waals surface area contributed by atoms with Crippen molar-refractivity contribution in [1.29, 1.82) is 5.26 Å². The highest BCUT2D eigenvalue weighted by Gasteiger charge is 2.57. The molecular formula is C14H14BrFN2O4S. The molecule has 1 aromatic carbocycles. The Bertz CT molecular complexity index is 801. The molecule has 124 valence electrons. The zero-order valence-electron chi connectivity index (χ0n) is 12.1. The normalized spacial score (nSPS) is 18.5. The van der Waals surface area contributed by atoms with Crippen LogP contribution in [-0.2, 0) is 15.4 Å². The van der Waals surface area contributed by atoms with Crippen LogP contribution in [0.15, 0.2) is 22.7 Å². The minimum atomic E-state index is -3.95. The van der Waals surface area contributed by atoms with Crippen molar-refractivity contribution in [1.82, 2.24) is 5.32 Å². The summed E-state index contributed by atoms with van der Waals surface area (Å²) in [5, 5.41) is 20.2. The Balaban J connectivity index is 2.51. The van der Waals surface area contributed by atoms with E-state index in [-0.39, 0.29) is 18.4 Å². The van der Waals surface area contributed by atoms with Crippen LogP contribution in [0.2, 0.25) is 0 Å². The van der Waals surface area contributed by atoms with Crippen molar-refractivity contribution in [2.45, 2.75) is 30.1 Å². The number of hydrogen-bond donors (Lipinski definition) is 2. The lowest BCUT2D eigenvalue weighted by molar-refractivity contribution is 0.182. The van der Waals surface area contributed by atoms with Gasteiger partial charge in [0.15, 0.2) is 14.6 Å². The molecule has 1 aromatic rings. The van der Waals surface area contributed by atoms with Crippen molar-refractivity contribution in [2.24, 2.45) is 0 Å². The highest BCUT2D eigenvalue weighted by Crippen LogP contribution is 2.45. The van der Waals surface area contributed by atoms with Crippen LogP contribution in [0.25, 0.3) is 0 Å². The van der Waals surface area contributed by atoms with E-state index in [1.54, 1.807) is 6.07 Å². The Morgan fingerprint density at radius 3 is 2.65 bits per heavy atom. The second kappa shape index (κ2) is 5.76. The van der Waals surface area contributed by atoms with Crippen molar-refractivity contribution in [2.75, 3.05) is 5.75 Å². The maximum Gasteiger partial charge on any atom is 0.405 e. The topological polar surface area (TPSA) is 107 Å². The maximum absolute atomic E-state index is 14.2. The molecule has 0 saturated heterocycles. The fourth-order valence-electron chi connectivity index (χ4n) is 2.46. The lowest BCUT2D eigenvalue weighted by Gasteiger charge is -2.31. The first-order chi connectivity index (χ1) is 10.6. The SMILES string of the molecule is CC(CS(=O)(=O)C1(C#N)CC1)(NC(=O)O)c1cc(Br)ccc1F. The molecule has 2 N–H and O–H groups in total. The summed E-state index contributed by atoms with van der Waals surface area (Å²) in [7, 11) is -3.95. The Morgan fingerprint density at radius 2 is 2.17 bits per heavy atom. The van der Waals surface area contributed by atoms with Crippen LogP contribution < -0.4 is 5.32 Å². The number of hydrogen-bond acceptors (Lipinski definition) is 4. The first-order valence-electron chi connectivity index (χ1n) is 6.65. The molecule has 2 rings (SSSR count). The van der Waals surface area contributed by atoms with Crippen LogP contribution >= 0.6 is 15.9 Å². The van der Waals surface area contributed by atoms with Crippen molar-refractivity contribution in [3.63, 3.8) is 0 Å². The maximum atomic E-state index is 14.2. The highest BCUT2D eigenvalue weighted by atomic mass is 79.9. The number of nitrogens with one attached hydrogen (secondary N) is 1. The van der Waals surface area contributed by atoms with Gasteiger partial charge in [0.1, 0.15) is 5.82 Å². The molecule has 9 heteroatoms. The molecule has 1 aliphatic carbocycles. The predicted molar refractivity (Wildman–Crippen MR) is 84.0 cm³/mol. The van der Waals surface area contributed by atoms with E-state index >= 15 is 0 Å². The summed E-state index contributed by atoms with van der Waals surface area (Å²) in [4.78, 5) is 11.1. The zero-order chi connectivity index (χ0) is 17.5. The minimum Gasteiger partial charge on any atom is -0.465 e. The van der Waals surface area contributed by atoms with Crippen molar-refractivity contribution >= 4 is 31.9 Å². The van der Waals surface area contributed by atoms with Crippen LogP contribution in [0.4, 0.5) is 9.18 Å². The molecule has 1 saturated carbocycles. The summed E-state index contributed by atoms with van der Waals surface area (Å²) >= 11 is 3.16. The lowest BCUT2D eigenvalue weighted by Crippen LogP contribution is -2.50. The largest absolute Gasteiger partial charge is 0.465 e. The second-order valence-electron chi connectivity index (χ2n) is 5.75. The Labute approximate surface area is 141 Å². The van der Waals surface area contributed by atoms with E-state index in [9.17, 15) is 17.6 Å². The van der Waals surface area contributed by atoms with Gasteiger partial charge in [-0.15, -0.1) is 0 Å². The van der Waals surface area contributed by atoms with Gasteiger partial charge in [-0.25, -0.2) is 17.6 Å². The van der Waals surface area contributed by atoms with Gasteiger partial charge >= 0.3 is 6.09 Å². The van der Waals surface area contributed by atoms with Crippen molar-refractivity contribution in [3.05, 3.63) is 34.1 Å². The van der Waals surface area contributed by atoms with E-state index in [0.29, 0.717) is 4.47 Å². The van der Waals surface area contributed by atoms with E-state index in [1.807, 2.05) is 0 Å². The van der Waals surface area contributed by atoms with E-state index in [2.05, 4.69) is 21.2 Å². The molecule has 0 spiro atoms. The molecule has 0 aliphatic heterocycles. The number of sulfone groups is 1. The van der Waals surface area contributed by atoms with Crippen LogP contribution in [0.1, 0.15) is 25.3 Å². The van der Waals surface area contributed by atoms with Crippen molar-refractivity contribution < 1.29 is 22.7 Å². The fourth-order valence-corrected chi connectivity index (χ4v) is 4.95. The average Bonchev–Trinajstić information content (AvgIpc) is 3.21. The van der Waals surface area contributed by atoms with E-state index in [4.69, 9.17) is 10.4 Å². The first kappa shape index (κ1) is 17.7. The lowest BCUT2D eigenvalue weighted by atomic mass is 9.93. The number of benzene rings is 1. The Kier molecular flexibility index (Phi) is 4.43. The number of amides is 1. The number of rotatable bonds is 5. The van der Waals surface area contributed by atoms with E-state index in [1.165, 1.54) is 19.1 Å². The number of carbonyl (C=O) groups is 1. The standard InChI is InChI=1S/C14H14BrFN2O4S/c1-13(18-12(19)20,10-6-9(15)2-3-11(10)16)8-23(21,22)14(7-17)4-5-14/h2-3,6,18H,4-5,8H2,1H3,(H,19,20). The summed E-state index contributed by atoms with van der Waals surface area (Å²) < 4.78 is 38.2. The first-order valence-corrected chi connectivity index (χ1v) is 9.10. The molecule has 1 atom stereocenters. The number of carboxylic acid groups (broad SMARTS) is 1. The fraction of sp³-hybridized carbons (Fsp3) is 0.429. The molecule has 1 amide bonds. The van der Waals surface area contributed by atoms with Gasteiger partial charge in [-0.3, -0.25) is 0 Å². The van der Waals surface area contributed by atoms with Gasteiger partial charge in [0, 0.05) is 10.0 Å². The van der Waals surface area contributed by atoms with Gasteiger partial charge in [0.2, 0.25) is 0 Å². The number of nitrogens with zero attached hydrogens (tertiary/aromatic N) is 1. The van der Waals surface area contributed by atoms with Gasteiger partial charge in [-0.1, -0.05) is 15.9 Å². The smallest absolute Gasteiger partial charge is 0.405 e. The molecule has 6 nitrogen and oxygen atoms in total. The zero-order valence-corrected chi connectivity index (χ0v) is 14.5. The third kappa shape index (κ3) is 3.33. The predicted octanol–water partition coefficient (Wildman–Crippen LogP) is 2.54. The molecule has 0 aromatic heterocycles. The molecule has 0 heterocycles. The van der Waals surface area contributed by atoms with Crippen LogP contribution in [0, 0.1) is 17.1 Å². The molecule has 1 unspecified atom stereocenters. The Morgan fingerprint density at radius 1 is 1.57 bits per heavy atom. The highest BCUT2D eigenvalue weighted by molar-refractivity contribution is 9.10. The quantitative estimate of drug-likeness (QED) is 0.783. The summed E-state index contributed by atoms with van der Waals surface area (Å²) in [5.41, 5.74) is -1.82. The Hall–Kier alpha value is -1.66. The van der Waals surface area contributed by atoms with Crippen LogP contribution in [0.3, 0.4) is 0 Å². The molecule has 1 aliphatic rings. The molecule has 0 radical (unpaired) electrons. The summed E-state index contributed by atoms with van der Waals surface area (Å²) in [6, 6.07) is 5.64. The molecule has 0 bridgehead atoms. The molecule has 1 fully saturated rings. The summed E-state index contributed by atoms with van der Waals surface area (Å²) in [6.07, 6.45) is -1.07.